The molecule has 0 spiro atoms. The number of hydrogen-bond acceptors (Lipinski definition) is 1. The van der Waals surface area contributed by atoms with Crippen LogP contribution in [0.3, 0.4) is 0 Å². The number of aryl methyl sites for hydroxylation is 1. The average Bonchev–Trinajstić information content (AvgIpc) is 2.67. The molecule has 0 atom stereocenters. The highest BCUT2D eigenvalue weighted by Gasteiger charge is 2.30. The van der Waals surface area contributed by atoms with Crippen LogP contribution >= 0.6 is 15.9 Å². The molecule has 0 bridgehead atoms. The fourth-order valence-electron chi connectivity index (χ4n) is 3.11. The van der Waals surface area contributed by atoms with Gasteiger partial charge in [0.05, 0.1) is 0 Å². The summed E-state index contributed by atoms with van der Waals surface area (Å²) in [5, 5.41) is 1.13. The maximum atomic E-state index is 4.51. The van der Waals surface area contributed by atoms with Gasteiger partial charge in [-0.25, -0.2) is 4.98 Å². The van der Waals surface area contributed by atoms with Crippen LogP contribution in [0.25, 0.3) is 0 Å². The van der Waals surface area contributed by atoms with Crippen LogP contribution in [0.5, 0.6) is 0 Å². The number of hydrogen-bond donors (Lipinski definition) is 0. The largest absolute Gasteiger partial charge is 0.334 e. The fraction of sp³-hybridized carbons (Fsp3) is 0.800. The molecule has 1 aliphatic rings. The average molecular weight is 313 g/mol. The zero-order chi connectivity index (χ0) is 12.8. The molecular formula is C15H25BrN2. The second-order valence-corrected chi connectivity index (χ2v) is 6.33. The molecule has 1 aliphatic carbocycles. The summed E-state index contributed by atoms with van der Waals surface area (Å²) in [5.74, 6) is 1.27. The summed E-state index contributed by atoms with van der Waals surface area (Å²) in [5.41, 5.74) is 0.458. The highest BCUT2D eigenvalue weighted by Crippen LogP contribution is 2.38. The number of nitrogens with zero attached hydrogens (tertiary/aromatic N) is 2. The highest BCUT2D eigenvalue weighted by molar-refractivity contribution is 9.09. The molecule has 0 radical (unpaired) electrons. The Hall–Kier alpha value is -0.310. The molecule has 0 aromatic carbocycles. The van der Waals surface area contributed by atoms with Gasteiger partial charge in [0.2, 0.25) is 0 Å². The van der Waals surface area contributed by atoms with Gasteiger partial charge in [-0.1, -0.05) is 48.5 Å². The van der Waals surface area contributed by atoms with E-state index in [1.54, 1.807) is 0 Å². The lowest BCUT2D eigenvalue weighted by atomic mass is 9.82. The van der Waals surface area contributed by atoms with E-state index in [2.05, 4.69) is 38.6 Å². The molecular weight excluding hydrogens is 288 g/mol. The molecule has 102 valence electrons. The molecule has 1 fully saturated rings. The van der Waals surface area contributed by atoms with Gasteiger partial charge in [-0.2, -0.15) is 0 Å². The number of rotatable bonds is 5. The summed E-state index contributed by atoms with van der Waals surface area (Å²) in [6.45, 7) is 3.37. The first-order chi connectivity index (χ1) is 8.79. The summed E-state index contributed by atoms with van der Waals surface area (Å²) >= 11 is 3.78. The zero-order valence-corrected chi connectivity index (χ0v) is 13.1. The van der Waals surface area contributed by atoms with Crippen LogP contribution in [0.15, 0.2) is 12.4 Å². The van der Waals surface area contributed by atoms with E-state index >= 15 is 0 Å². The minimum Gasteiger partial charge on any atom is -0.334 e. The van der Waals surface area contributed by atoms with Crippen molar-refractivity contribution in [2.24, 2.45) is 5.41 Å². The number of alkyl halides is 1. The van der Waals surface area contributed by atoms with Crippen molar-refractivity contribution in [3.8, 4) is 0 Å². The Bertz CT molecular complexity index is 351. The lowest BCUT2D eigenvalue weighted by Crippen LogP contribution is -2.28. The second-order valence-electron chi connectivity index (χ2n) is 5.77. The van der Waals surface area contributed by atoms with Crippen molar-refractivity contribution in [1.82, 2.24) is 9.55 Å². The van der Waals surface area contributed by atoms with Gasteiger partial charge in [-0.15, -0.1) is 0 Å². The lowest BCUT2D eigenvalue weighted by molar-refractivity contribution is 0.239. The molecule has 3 heteroatoms. The van der Waals surface area contributed by atoms with Crippen LogP contribution in [0.2, 0.25) is 0 Å². The minimum atomic E-state index is 0.458. The smallest absolute Gasteiger partial charge is 0.108 e. The highest BCUT2D eigenvalue weighted by atomic mass is 79.9. The Morgan fingerprint density at radius 3 is 2.61 bits per heavy atom. The molecule has 1 aromatic heterocycles. The third kappa shape index (κ3) is 3.37. The number of halogens is 1. The molecule has 2 nitrogen and oxygen atoms in total. The van der Waals surface area contributed by atoms with Crippen molar-refractivity contribution < 1.29 is 0 Å². The van der Waals surface area contributed by atoms with E-state index in [9.17, 15) is 0 Å². The monoisotopic (exact) mass is 312 g/mol. The predicted octanol–water partition coefficient (Wildman–Crippen LogP) is 4.57. The second kappa shape index (κ2) is 6.74. The lowest BCUT2D eigenvalue weighted by Gasteiger charge is -2.31. The van der Waals surface area contributed by atoms with E-state index in [0.29, 0.717) is 5.41 Å². The van der Waals surface area contributed by atoms with Gasteiger partial charge in [0, 0.05) is 30.7 Å². The molecule has 18 heavy (non-hydrogen) atoms. The fourth-order valence-corrected chi connectivity index (χ4v) is 3.85. The van der Waals surface area contributed by atoms with Gasteiger partial charge < -0.3 is 4.57 Å². The van der Waals surface area contributed by atoms with Gasteiger partial charge in [-0.05, 0) is 24.7 Å². The third-order valence-electron chi connectivity index (χ3n) is 4.23. The maximum absolute atomic E-state index is 4.51. The number of aromatic nitrogens is 2. The quantitative estimate of drug-likeness (QED) is 0.575. The van der Waals surface area contributed by atoms with E-state index in [1.165, 1.54) is 50.8 Å². The molecule has 1 aromatic rings. The molecule has 2 rings (SSSR count). The van der Waals surface area contributed by atoms with E-state index < -0.39 is 0 Å². The Kier molecular flexibility index (Phi) is 5.28. The molecule has 1 heterocycles. The zero-order valence-electron chi connectivity index (χ0n) is 11.5. The van der Waals surface area contributed by atoms with E-state index in [-0.39, 0.29) is 0 Å². The molecule has 0 amide bonds. The third-order valence-corrected chi connectivity index (χ3v) is 5.42. The van der Waals surface area contributed by atoms with Crippen LogP contribution in [-0.4, -0.2) is 14.9 Å². The van der Waals surface area contributed by atoms with Crippen molar-refractivity contribution >= 4 is 15.9 Å². The van der Waals surface area contributed by atoms with Crippen LogP contribution in [-0.2, 0) is 13.0 Å². The van der Waals surface area contributed by atoms with Crippen molar-refractivity contribution in [3.05, 3.63) is 18.2 Å². The molecule has 0 unspecified atom stereocenters. The van der Waals surface area contributed by atoms with Gasteiger partial charge in [0.15, 0.2) is 0 Å². The van der Waals surface area contributed by atoms with Crippen molar-refractivity contribution in [1.29, 1.82) is 0 Å². The van der Waals surface area contributed by atoms with Crippen molar-refractivity contribution in [2.45, 2.75) is 64.8 Å². The first-order valence-electron chi connectivity index (χ1n) is 7.36. The summed E-state index contributed by atoms with van der Waals surface area (Å²) in [6, 6.07) is 0. The van der Waals surface area contributed by atoms with E-state index in [0.717, 1.165) is 18.3 Å². The Morgan fingerprint density at radius 1 is 1.28 bits per heavy atom. The topological polar surface area (TPSA) is 17.8 Å². The molecule has 0 N–H and O–H groups in total. The SMILES string of the molecule is CCCc1nccn1CC1(CBr)CCCCCC1. The minimum absolute atomic E-state index is 0.458. The van der Waals surface area contributed by atoms with Gasteiger partial charge in [0.1, 0.15) is 5.82 Å². The Labute approximate surface area is 119 Å². The molecule has 1 saturated carbocycles. The normalized spacial score (nSPS) is 19.7. The molecule has 0 aliphatic heterocycles. The summed E-state index contributed by atoms with van der Waals surface area (Å²) in [4.78, 5) is 4.51. The Morgan fingerprint density at radius 2 is 2.00 bits per heavy atom. The van der Waals surface area contributed by atoms with Crippen LogP contribution in [0.1, 0.15) is 57.7 Å². The summed E-state index contributed by atoms with van der Waals surface area (Å²) < 4.78 is 2.40. The van der Waals surface area contributed by atoms with Crippen molar-refractivity contribution in [2.75, 3.05) is 5.33 Å². The maximum Gasteiger partial charge on any atom is 0.108 e. The van der Waals surface area contributed by atoms with Gasteiger partial charge in [-0.3, -0.25) is 0 Å². The summed E-state index contributed by atoms with van der Waals surface area (Å²) in [6.07, 6.45) is 14.8. The Balaban J connectivity index is 2.10. The van der Waals surface area contributed by atoms with E-state index in [4.69, 9.17) is 0 Å². The first-order valence-corrected chi connectivity index (χ1v) is 8.48. The standard InChI is InChI=1S/C15H25BrN2/c1-2-7-14-17-10-11-18(14)13-15(12-16)8-5-3-4-6-9-15/h10-11H,2-9,12-13H2,1H3. The van der Waals surface area contributed by atoms with E-state index in [1.807, 2.05) is 6.20 Å². The van der Waals surface area contributed by atoms with Crippen molar-refractivity contribution in [3.63, 3.8) is 0 Å². The number of imidazole rings is 1. The summed E-state index contributed by atoms with van der Waals surface area (Å²) in [7, 11) is 0. The van der Waals surface area contributed by atoms with Gasteiger partial charge in [0.25, 0.3) is 0 Å². The van der Waals surface area contributed by atoms with Crippen LogP contribution in [0, 0.1) is 5.41 Å². The van der Waals surface area contributed by atoms with Crippen LogP contribution in [0.4, 0.5) is 0 Å². The molecule has 0 saturated heterocycles. The first kappa shape index (κ1) is 14.1. The van der Waals surface area contributed by atoms with Gasteiger partial charge >= 0.3 is 0 Å². The van der Waals surface area contributed by atoms with Crippen LogP contribution < -0.4 is 0 Å². The predicted molar refractivity (Wildman–Crippen MR) is 80.2 cm³/mol.